The van der Waals surface area contributed by atoms with Crippen LogP contribution in [0.2, 0.25) is 0 Å². The molecule has 3 rings (SSSR count). The van der Waals surface area contributed by atoms with E-state index in [2.05, 4.69) is 15.6 Å². The Kier molecular flexibility index (Phi) is 6.60. The molecule has 0 atom stereocenters. The van der Waals surface area contributed by atoms with Crippen molar-refractivity contribution in [3.63, 3.8) is 0 Å². The number of methoxy groups -OCH3 is 1. The van der Waals surface area contributed by atoms with Gasteiger partial charge in [-0.25, -0.2) is 9.07 Å². The molecule has 1 N–H and O–H groups in total. The van der Waals surface area contributed by atoms with Crippen molar-refractivity contribution in [2.24, 2.45) is 0 Å². The van der Waals surface area contributed by atoms with Crippen molar-refractivity contribution in [2.45, 2.75) is 6.54 Å². The Morgan fingerprint density at radius 3 is 2.83 bits per heavy atom. The van der Waals surface area contributed by atoms with Crippen LogP contribution >= 0.6 is 12.2 Å². The highest BCUT2D eigenvalue weighted by atomic mass is 32.1. The summed E-state index contributed by atoms with van der Waals surface area (Å²) < 4.78 is 21.1. The van der Waals surface area contributed by atoms with Gasteiger partial charge in [0.1, 0.15) is 11.5 Å². The molecule has 2 aromatic rings. The fourth-order valence-corrected chi connectivity index (χ4v) is 3.11. The zero-order chi connectivity index (χ0) is 21.0. The molecule has 0 radical (unpaired) electrons. The summed E-state index contributed by atoms with van der Waals surface area (Å²) in [6, 6.07) is 4.80. The average Bonchev–Trinajstić information content (AvgIpc) is 3.16. The number of hydrogen-bond acceptors (Lipinski definition) is 7. The predicted molar refractivity (Wildman–Crippen MR) is 110 cm³/mol. The van der Waals surface area contributed by atoms with Crippen LogP contribution in [-0.2, 0) is 16.1 Å². The van der Waals surface area contributed by atoms with Gasteiger partial charge in [0.25, 0.3) is 5.17 Å². The Morgan fingerprint density at radius 2 is 2.17 bits per heavy atom. The lowest BCUT2D eigenvalue weighted by atomic mass is 10.2. The molecule has 1 aromatic carbocycles. The quantitative estimate of drug-likeness (QED) is 0.680. The third kappa shape index (κ3) is 5.18. The van der Waals surface area contributed by atoms with Crippen LogP contribution in [0.3, 0.4) is 0 Å². The van der Waals surface area contributed by atoms with Gasteiger partial charge in [0.2, 0.25) is 5.91 Å². The van der Waals surface area contributed by atoms with Crippen LogP contribution in [0.15, 0.2) is 24.4 Å². The number of carbonyl (C=O) groups is 1. The van der Waals surface area contributed by atoms with Crippen molar-refractivity contribution in [3.05, 3.63) is 35.9 Å². The van der Waals surface area contributed by atoms with E-state index in [0.29, 0.717) is 43.4 Å². The molecule has 1 amide bonds. The highest BCUT2D eigenvalue weighted by molar-refractivity contribution is 7.80. The van der Waals surface area contributed by atoms with Crippen LogP contribution in [0.5, 0.6) is 0 Å². The first-order chi connectivity index (χ1) is 13.9. The molecule has 1 aliphatic heterocycles. The second-order valence-corrected chi connectivity index (χ2v) is 7.31. The van der Waals surface area contributed by atoms with E-state index in [4.69, 9.17) is 17.0 Å². The van der Waals surface area contributed by atoms with Gasteiger partial charge in [-0.15, -0.1) is 5.10 Å². The number of benzene rings is 1. The number of piperazine rings is 1. The first-order valence-corrected chi connectivity index (χ1v) is 9.48. The van der Waals surface area contributed by atoms with Crippen molar-refractivity contribution in [3.8, 4) is 5.69 Å². The summed E-state index contributed by atoms with van der Waals surface area (Å²) in [6.07, 6.45) is 1.68. The predicted octanol–water partition coefficient (Wildman–Crippen LogP) is 0.595. The van der Waals surface area contributed by atoms with Crippen LogP contribution in [0.4, 0.5) is 10.1 Å². The van der Waals surface area contributed by atoms with E-state index in [1.165, 1.54) is 17.9 Å². The van der Waals surface area contributed by atoms with Gasteiger partial charge in [0.15, 0.2) is 0 Å². The number of carbonyl (C=O) groups excluding carboxylic acids is 1. The number of halogens is 1. The Bertz CT molecular complexity index is 889. The van der Waals surface area contributed by atoms with Gasteiger partial charge in [-0.2, -0.15) is 0 Å². The van der Waals surface area contributed by atoms with E-state index in [1.54, 1.807) is 28.1 Å². The van der Waals surface area contributed by atoms with Gasteiger partial charge in [-0.1, -0.05) is 5.21 Å². The lowest BCUT2D eigenvalue weighted by Gasteiger charge is -2.36. The smallest absolute Gasteiger partial charge is 0.256 e. The Morgan fingerprint density at radius 1 is 1.38 bits per heavy atom. The molecule has 1 aliphatic rings. The number of nitrogens with zero attached hydrogens (tertiary/aromatic N) is 6. The molecule has 0 saturated carbocycles. The Balaban J connectivity index is 1.67. The topological polar surface area (TPSA) is 78.8 Å². The summed E-state index contributed by atoms with van der Waals surface area (Å²) >= 11 is 4.91. The maximum absolute atomic E-state index is 14.8. The van der Waals surface area contributed by atoms with E-state index >= 15 is 0 Å². The third-order valence-corrected chi connectivity index (χ3v) is 4.76. The van der Waals surface area contributed by atoms with Gasteiger partial charge in [-0.3, -0.25) is 9.69 Å². The summed E-state index contributed by atoms with van der Waals surface area (Å²) in [6.45, 7) is 2.21. The number of aromatic nitrogens is 3. The Hall–Kier alpha value is -2.79. The maximum Gasteiger partial charge on any atom is 0.256 e. The number of amides is 1. The van der Waals surface area contributed by atoms with Gasteiger partial charge in [0.05, 0.1) is 44.4 Å². The summed E-state index contributed by atoms with van der Waals surface area (Å²) in [5, 5.41) is 11.2. The summed E-state index contributed by atoms with van der Waals surface area (Å²) in [5.41, 5.74) is 1.58. The molecule has 29 heavy (non-hydrogen) atoms. The molecule has 0 spiro atoms. The molecule has 0 bridgehead atoms. The minimum absolute atomic E-state index is 0.0178. The molecule has 1 aromatic heterocycles. The molecule has 2 heterocycles. The molecular weight excluding hydrogens is 397 g/mol. The number of rotatable bonds is 6. The minimum Gasteiger partial charge on any atom is -0.474 e. The molecule has 11 heteroatoms. The fraction of sp³-hybridized carbons (Fsp3) is 0.444. The monoisotopic (exact) mass is 421 g/mol. The highest BCUT2D eigenvalue weighted by Gasteiger charge is 2.26. The van der Waals surface area contributed by atoms with Crippen LogP contribution in [0.25, 0.3) is 5.69 Å². The summed E-state index contributed by atoms with van der Waals surface area (Å²) in [7, 11) is 5.30. The zero-order valence-electron chi connectivity index (χ0n) is 16.6. The normalized spacial score (nSPS) is 14.4. The fourth-order valence-electron chi connectivity index (χ4n) is 3.04. The van der Waals surface area contributed by atoms with Crippen molar-refractivity contribution in [1.82, 2.24) is 30.1 Å². The lowest BCUT2D eigenvalue weighted by molar-refractivity contribution is -0.132. The van der Waals surface area contributed by atoms with Gasteiger partial charge in [-0.05, 0) is 38.4 Å². The number of anilines is 1. The molecule has 9 nitrogen and oxygen atoms in total. The number of nitrogens with one attached hydrogen (secondary N) is 1. The van der Waals surface area contributed by atoms with Gasteiger partial charge < -0.3 is 19.9 Å². The van der Waals surface area contributed by atoms with E-state index in [1.807, 2.05) is 19.0 Å². The zero-order valence-corrected chi connectivity index (χ0v) is 17.4. The van der Waals surface area contributed by atoms with Gasteiger partial charge in [0, 0.05) is 19.2 Å². The van der Waals surface area contributed by atoms with E-state index in [9.17, 15) is 9.18 Å². The second-order valence-electron chi connectivity index (χ2n) is 6.94. The first-order valence-electron chi connectivity index (χ1n) is 9.08. The summed E-state index contributed by atoms with van der Waals surface area (Å²) in [4.78, 5) is 17.8. The largest absolute Gasteiger partial charge is 0.474 e. The molecule has 0 aliphatic carbocycles. The van der Waals surface area contributed by atoms with Crippen molar-refractivity contribution in [2.75, 3.05) is 52.4 Å². The van der Waals surface area contributed by atoms with Crippen LogP contribution in [0, 0.1) is 5.82 Å². The van der Waals surface area contributed by atoms with Gasteiger partial charge >= 0.3 is 0 Å². The first kappa shape index (κ1) is 20.9. The molecule has 1 fully saturated rings. The molecule has 156 valence electrons. The average molecular weight is 422 g/mol. The maximum atomic E-state index is 14.8. The molecule has 0 unspecified atom stereocenters. The number of hydrogen-bond donors (Lipinski definition) is 1. The molecule has 1 saturated heterocycles. The van der Waals surface area contributed by atoms with Crippen LogP contribution in [0.1, 0.15) is 5.69 Å². The summed E-state index contributed by atoms with van der Waals surface area (Å²) in [5.74, 6) is -0.428. The van der Waals surface area contributed by atoms with Crippen molar-refractivity contribution >= 4 is 29.0 Å². The third-order valence-electron chi connectivity index (χ3n) is 4.45. The standard InChI is InChI=1S/C18H24FN7O2S/c1-23(2)12-25-7-6-24(11-17(25)27)16-5-4-14(8-15(16)19)26-10-13(21-22-26)9-20-18(29)28-3/h4-5,8,10H,6-7,9,11-12H2,1-3H3,(H,20,29). The minimum atomic E-state index is -0.410. The van der Waals surface area contributed by atoms with Crippen molar-refractivity contribution in [1.29, 1.82) is 0 Å². The van der Waals surface area contributed by atoms with E-state index < -0.39 is 5.82 Å². The lowest BCUT2D eigenvalue weighted by Crippen LogP contribution is -2.52. The SMILES string of the molecule is COC(=S)NCc1cn(-c2ccc(N3CCN(CN(C)C)C(=O)C3)c(F)c2)nn1. The number of ether oxygens (including phenoxy) is 1. The second kappa shape index (κ2) is 9.14. The highest BCUT2D eigenvalue weighted by Crippen LogP contribution is 2.23. The molecular formula is C18H24FN7O2S. The van der Waals surface area contributed by atoms with E-state index in [0.717, 1.165) is 0 Å². The number of thiocarbonyl (C=S) groups is 1. The van der Waals surface area contributed by atoms with Crippen molar-refractivity contribution < 1.29 is 13.9 Å². The van der Waals surface area contributed by atoms with Crippen LogP contribution in [-0.4, -0.2) is 83.4 Å². The van der Waals surface area contributed by atoms with E-state index in [-0.39, 0.29) is 17.6 Å². The van der Waals surface area contributed by atoms with Crippen LogP contribution < -0.4 is 10.2 Å². The Labute approximate surface area is 174 Å².